The fraction of sp³-hybridized carbons (Fsp3) is 0.476. The summed E-state index contributed by atoms with van der Waals surface area (Å²) in [6, 6.07) is 1.43. The minimum absolute atomic E-state index is 0.123. The third-order valence-corrected chi connectivity index (χ3v) is 4.84. The number of aliphatic hydroxyl groups excluding tert-OH is 1. The van der Waals surface area contributed by atoms with Crippen LogP contribution in [0.15, 0.2) is 45.7 Å². The molecule has 3 rings (SSSR count). The quantitative estimate of drug-likeness (QED) is 0.813. The van der Waals surface area contributed by atoms with Gasteiger partial charge < -0.3 is 5.11 Å². The van der Waals surface area contributed by atoms with Crippen LogP contribution in [0.1, 0.15) is 37.2 Å². The summed E-state index contributed by atoms with van der Waals surface area (Å²) in [5.74, 6) is 0.550. The van der Waals surface area contributed by atoms with Crippen molar-refractivity contribution in [1.29, 1.82) is 0 Å². The number of rotatable bonds is 6. The number of alkyl halides is 2. The summed E-state index contributed by atoms with van der Waals surface area (Å²) >= 11 is 0. The molecule has 0 amide bonds. The lowest BCUT2D eigenvalue weighted by Crippen LogP contribution is -2.29. The largest absolute Gasteiger partial charge is 0.394 e. The van der Waals surface area contributed by atoms with E-state index in [0.29, 0.717) is 55.0 Å². The Morgan fingerprint density at radius 1 is 1.29 bits per heavy atom. The van der Waals surface area contributed by atoms with Gasteiger partial charge in [-0.15, -0.1) is 0 Å². The van der Waals surface area contributed by atoms with Crippen LogP contribution in [0.5, 0.6) is 0 Å². The molecule has 0 aromatic carbocycles. The molecule has 28 heavy (non-hydrogen) atoms. The van der Waals surface area contributed by atoms with Gasteiger partial charge in [0.15, 0.2) is 6.17 Å². The second-order valence-electron chi connectivity index (χ2n) is 7.04. The van der Waals surface area contributed by atoms with E-state index in [1.807, 2.05) is 6.08 Å². The van der Waals surface area contributed by atoms with Gasteiger partial charge in [0, 0.05) is 30.3 Å². The van der Waals surface area contributed by atoms with Crippen LogP contribution < -0.4 is 5.56 Å². The molecule has 0 bridgehead atoms. The Hall–Kier alpha value is -2.41. The molecule has 0 fully saturated rings. The third-order valence-electron chi connectivity index (χ3n) is 4.84. The average Bonchev–Trinajstić information content (AvgIpc) is 2.65. The number of aromatic nitrogens is 2. The van der Waals surface area contributed by atoms with Crippen LogP contribution in [-0.2, 0) is 6.42 Å². The Labute approximate surface area is 162 Å². The highest BCUT2D eigenvalue weighted by atomic mass is 19.1. The van der Waals surface area contributed by atoms with Crippen molar-refractivity contribution in [2.45, 2.75) is 51.4 Å². The summed E-state index contributed by atoms with van der Waals surface area (Å²) in [7, 11) is 0. The molecule has 7 heteroatoms. The molecule has 0 radical (unpaired) electrons. The molecule has 0 saturated heterocycles. The first-order chi connectivity index (χ1) is 13.5. The maximum atomic E-state index is 14.5. The highest BCUT2D eigenvalue weighted by molar-refractivity contribution is 5.93. The summed E-state index contributed by atoms with van der Waals surface area (Å²) in [4.78, 5) is 21.2. The SMILES string of the molecule is Cc1cc(=O)n(C2=CC(F)C(=NCCO)CC2)c(CCC2=CC(F)CC=C2)n1. The normalized spacial score (nSPS) is 23.6. The second kappa shape index (κ2) is 9.19. The predicted octanol–water partition coefficient (Wildman–Crippen LogP) is 3.11. The van der Waals surface area contributed by atoms with E-state index >= 15 is 0 Å². The molecule has 2 unspecified atom stereocenters. The molecule has 1 N–H and O–H groups in total. The average molecular weight is 389 g/mol. The summed E-state index contributed by atoms with van der Waals surface area (Å²) in [6.45, 7) is 1.80. The van der Waals surface area contributed by atoms with E-state index in [1.165, 1.54) is 16.7 Å². The number of hydrogen-bond acceptors (Lipinski definition) is 4. The number of aliphatic imine (C=N–C) groups is 1. The van der Waals surface area contributed by atoms with Gasteiger partial charge in [-0.05, 0) is 43.9 Å². The van der Waals surface area contributed by atoms with Gasteiger partial charge in [-0.3, -0.25) is 14.4 Å². The first-order valence-electron chi connectivity index (χ1n) is 9.58. The first-order valence-corrected chi connectivity index (χ1v) is 9.58. The lowest BCUT2D eigenvalue weighted by molar-refractivity contribution is 0.306. The molecule has 5 nitrogen and oxygen atoms in total. The molecule has 1 heterocycles. The molecular weight excluding hydrogens is 364 g/mol. The topological polar surface area (TPSA) is 67.5 Å². The van der Waals surface area contributed by atoms with Crippen molar-refractivity contribution < 1.29 is 13.9 Å². The fourth-order valence-electron chi connectivity index (χ4n) is 3.55. The fourth-order valence-corrected chi connectivity index (χ4v) is 3.55. The lowest BCUT2D eigenvalue weighted by atomic mass is 9.99. The molecule has 2 atom stereocenters. The Bertz CT molecular complexity index is 899. The van der Waals surface area contributed by atoms with Crippen LogP contribution in [0.3, 0.4) is 0 Å². The number of nitrogens with zero attached hydrogens (tertiary/aromatic N) is 3. The van der Waals surface area contributed by atoms with Crippen LogP contribution in [-0.4, -0.2) is 45.9 Å². The smallest absolute Gasteiger partial charge is 0.258 e. The van der Waals surface area contributed by atoms with Gasteiger partial charge in [0.05, 0.1) is 18.9 Å². The molecule has 2 aliphatic rings. The van der Waals surface area contributed by atoms with Crippen molar-refractivity contribution >= 4 is 11.4 Å². The molecule has 0 aliphatic heterocycles. The highest BCUT2D eigenvalue weighted by Crippen LogP contribution is 2.24. The van der Waals surface area contributed by atoms with Gasteiger partial charge in [-0.1, -0.05) is 12.2 Å². The predicted molar refractivity (Wildman–Crippen MR) is 106 cm³/mol. The van der Waals surface area contributed by atoms with E-state index in [9.17, 15) is 13.6 Å². The Morgan fingerprint density at radius 2 is 2.11 bits per heavy atom. The number of hydrogen-bond donors (Lipinski definition) is 1. The van der Waals surface area contributed by atoms with E-state index in [-0.39, 0.29) is 18.7 Å². The van der Waals surface area contributed by atoms with E-state index in [0.717, 1.165) is 5.57 Å². The lowest BCUT2D eigenvalue weighted by Gasteiger charge is -2.22. The Kier molecular flexibility index (Phi) is 6.67. The highest BCUT2D eigenvalue weighted by Gasteiger charge is 2.23. The maximum absolute atomic E-state index is 14.5. The number of aryl methyl sites for hydroxylation is 2. The summed E-state index contributed by atoms with van der Waals surface area (Å²) in [6.07, 6.45) is 6.62. The van der Waals surface area contributed by atoms with E-state index in [1.54, 1.807) is 19.1 Å². The molecule has 1 aromatic heterocycles. The van der Waals surface area contributed by atoms with Crippen LogP contribution >= 0.6 is 0 Å². The summed E-state index contributed by atoms with van der Waals surface area (Å²) in [5.41, 5.74) is 2.19. The minimum Gasteiger partial charge on any atom is -0.394 e. The van der Waals surface area contributed by atoms with E-state index in [2.05, 4.69) is 9.98 Å². The molecular formula is C21H25F2N3O2. The Balaban J connectivity index is 1.87. The standard InChI is InChI=1S/C21H25F2N3O2/c1-14-11-21(28)26(17-6-7-19(18(23)13-17)24-9-10-27)20(25-14)8-5-15-3-2-4-16(22)12-15/h2-3,11-13,16,18,27H,4-10H2,1H3. The molecule has 2 aliphatic carbocycles. The van der Waals surface area contributed by atoms with Gasteiger partial charge >= 0.3 is 0 Å². The van der Waals surface area contributed by atoms with Crippen LogP contribution in [0.25, 0.3) is 5.70 Å². The number of allylic oxidation sites excluding steroid dienone is 6. The van der Waals surface area contributed by atoms with Crippen LogP contribution in [0, 0.1) is 6.92 Å². The van der Waals surface area contributed by atoms with Crippen molar-refractivity contribution in [1.82, 2.24) is 9.55 Å². The summed E-state index contributed by atoms with van der Waals surface area (Å²) in [5, 5.41) is 8.86. The van der Waals surface area contributed by atoms with Crippen molar-refractivity contribution in [2.75, 3.05) is 13.2 Å². The zero-order valence-corrected chi connectivity index (χ0v) is 15.9. The monoisotopic (exact) mass is 389 g/mol. The van der Waals surface area contributed by atoms with Gasteiger partial charge in [0.25, 0.3) is 5.56 Å². The second-order valence-corrected chi connectivity index (χ2v) is 7.04. The molecule has 150 valence electrons. The van der Waals surface area contributed by atoms with E-state index in [4.69, 9.17) is 5.11 Å². The van der Waals surface area contributed by atoms with Crippen molar-refractivity contribution in [2.24, 2.45) is 4.99 Å². The van der Waals surface area contributed by atoms with Gasteiger partial charge in [0.1, 0.15) is 12.0 Å². The van der Waals surface area contributed by atoms with Gasteiger partial charge in [0.2, 0.25) is 0 Å². The number of halogens is 2. The third kappa shape index (κ3) is 4.90. The van der Waals surface area contributed by atoms with Crippen LogP contribution in [0.2, 0.25) is 0 Å². The zero-order chi connectivity index (χ0) is 20.1. The molecule has 1 aromatic rings. The van der Waals surface area contributed by atoms with Crippen molar-refractivity contribution in [3.63, 3.8) is 0 Å². The molecule has 0 saturated carbocycles. The minimum atomic E-state index is -1.38. The Morgan fingerprint density at radius 3 is 2.82 bits per heavy atom. The van der Waals surface area contributed by atoms with Crippen molar-refractivity contribution in [3.05, 3.63) is 57.8 Å². The summed E-state index contributed by atoms with van der Waals surface area (Å²) < 4.78 is 29.5. The van der Waals surface area contributed by atoms with Gasteiger partial charge in [-0.25, -0.2) is 13.8 Å². The van der Waals surface area contributed by atoms with E-state index < -0.39 is 12.3 Å². The maximum Gasteiger partial charge on any atom is 0.258 e. The van der Waals surface area contributed by atoms with Gasteiger partial charge in [-0.2, -0.15) is 0 Å². The zero-order valence-electron chi connectivity index (χ0n) is 15.9. The molecule has 0 spiro atoms. The van der Waals surface area contributed by atoms with Crippen molar-refractivity contribution in [3.8, 4) is 0 Å². The number of aliphatic hydroxyl groups is 1. The first kappa shape index (κ1) is 20.3. The van der Waals surface area contributed by atoms with Crippen LogP contribution in [0.4, 0.5) is 8.78 Å².